The molecule has 0 fully saturated rings. The van der Waals surface area contributed by atoms with Crippen LogP contribution in [0.25, 0.3) is 11.1 Å². The van der Waals surface area contributed by atoms with Gasteiger partial charge >= 0.3 is 0 Å². The van der Waals surface area contributed by atoms with Gasteiger partial charge in [0, 0.05) is 28.3 Å². The molecule has 3 heteroatoms. The van der Waals surface area contributed by atoms with Gasteiger partial charge in [-0.2, -0.15) is 0 Å². The second kappa shape index (κ2) is 5.99. The highest BCUT2D eigenvalue weighted by Gasteiger charge is 2.30. The third-order valence-electron chi connectivity index (χ3n) is 4.20. The number of benzene rings is 2. The molecule has 1 N–H and O–H groups in total. The Hall–Kier alpha value is -2.42. The third kappa shape index (κ3) is 2.79. The Labute approximate surface area is 136 Å². The number of carbonyl (C=O) groups is 2. The van der Waals surface area contributed by atoms with E-state index in [1.807, 2.05) is 31.2 Å². The van der Waals surface area contributed by atoms with Crippen molar-refractivity contribution in [3.8, 4) is 11.1 Å². The Balaban J connectivity index is 1.98. The first-order valence-corrected chi connectivity index (χ1v) is 8.07. The van der Waals surface area contributed by atoms with Crippen molar-refractivity contribution in [2.24, 2.45) is 5.92 Å². The zero-order chi connectivity index (χ0) is 16.6. The molecule has 2 aromatic carbocycles. The quantitative estimate of drug-likeness (QED) is 0.790. The number of nitrogens with one attached hydrogen (secondary N) is 1. The van der Waals surface area contributed by atoms with Crippen LogP contribution in [-0.2, 0) is 0 Å². The molecule has 1 aliphatic rings. The minimum atomic E-state index is -0.112. The standard InChI is InChI=1S/C20H21NO2/c1-12(2)11-13(3)21-20(23)17-10-6-9-16-18(17)14-7-4-5-8-15(14)19(16)22/h4-10,12-13H,11H2,1-3H3,(H,21,23)/t13-/m0/s1. The van der Waals surface area contributed by atoms with Crippen molar-refractivity contribution in [3.05, 3.63) is 59.2 Å². The van der Waals surface area contributed by atoms with E-state index >= 15 is 0 Å². The third-order valence-corrected chi connectivity index (χ3v) is 4.20. The molecule has 3 nitrogen and oxygen atoms in total. The highest BCUT2D eigenvalue weighted by atomic mass is 16.1. The van der Waals surface area contributed by atoms with E-state index in [1.165, 1.54) is 0 Å². The molecule has 0 spiro atoms. The molecule has 2 aromatic rings. The summed E-state index contributed by atoms with van der Waals surface area (Å²) in [4.78, 5) is 25.2. The Morgan fingerprint density at radius 1 is 0.957 bits per heavy atom. The summed E-state index contributed by atoms with van der Waals surface area (Å²) < 4.78 is 0. The van der Waals surface area contributed by atoms with Crippen molar-refractivity contribution in [1.29, 1.82) is 0 Å². The lowest BCUT2D eigenvalue weighted by Crippen LogP contribution is -2.33. The molecular formula is C20H21NO2. The Kier molecular flexibility index (Phi) is 4.03. The summed E-state index contributed by atoms with van der Waals surface area (Å²) in [5.74, 6) is 0.411. The van der Waals surface area contributed by atoms with Crippen LogP contribution in [0.5, 0.6) is 0 Å². The highest BCUT2D eigenvalue weighted by Crippen LogP contribution is 2.38. The van der Waals surface area contributed by atoms with Crippen LogP contribution in [0.3, 0.4) is 0 Å². The van der Waals surface area contributed by atoms with E-state index in [0.29, 0.717) is 22.6 Å². The van der Waals surface area contributed by atoms with Crippen LogP contribution in [0.15, 0.2) is 42.5 Å². The van der Waals surface area contributed by atoms with E-state index in [-0.39, 0.29) is 17.7 Å². The van der Waals surface area contributed by atoms with Crippen LogP contribution in [0.2, 0.25) is 0 Å². The van der Waals surface area contributed by atoms with Crippen LogP contribution < -0.4 is 5.32 Å². The zero-order valence-corrected chi connectivity index (χ0v) is 13.7. The predicted molar refractivity (Wildman–Crippen MR) is 91.7 cm³/mol. The minimum Gasteiger partial charge on any atom is -0.350 e. The molecule has 0 radical (unpaired) electrons. The van der Waals surface area contributed by atoms with Crippen LogP contribution in [0.1, 0.15) is 53.5 Å². The predicted octanol–water partition coefficient (Wildman–Crippen LogP) is 4.06. The molecule has 1 aliphatic carbocycles. The number of rotatable bonds is 4. The van der Waals surface area contributed by atoms with Crippen molar-refractivity contribution in [2.75, 3.05) is 0 Å². The average Bonchev–Trinajstić information content (AvgIpc) is 2.80. The summed E-state index contributed by atoms with van der Waals surface area (Å²) in [6, 6.07) is 13.0. The molecule has 0 saturated heterocycles. The summed E-state index contributed by atoms with van der Waals surface area (Å²) in [7, 11) is 0. The lowest BCUT2D eigenvalue weighted by Gasteiger charge is -2.17. The largest absolute Gasteiger partial charge is 0.350 e. The van der Waals surface area contributed by atoms with E-state index in [0.717, 1.165) is 17.5 Å². The van der Waals surface area contributed by atoms with Gasteiger partial charge in [-0.3, -0.25) is 9.59 Å². The van der Waals surface area contributed by atoms with Crippen LogP contribution in [0.4, 0.5) is 0 Å². The van der Waals surface area contributed by atoms with Gasteiger partial charge in [0.1, 0.15) is 0 Å². The molecule has 1 atom stereocenters. The van der Waals surface area contributed by atoms with Gasteiger partial charge in [-0.25, -0.2) is 0 Å². The Morgan fingerprint density at radius 3 is 2.30 bits per heavy atom. The summed E-state index contributed by atoms with van der Waals surface area (Å²) in [6.45, 7) is 6.29. The van der Waals surface area contributed by atoms with Gasteiger partial charge in [-0.05, 0) is 30.9 Å². The fourth-order valence-electron chi connectivity index (χ4n) is 3.33. The number of ketones is 1. The van der Waals surface area contributed by atoms with E-state index in [9.17, 15) is 9.59 Å². The summed E-state index contributed by atoms with van der Waals surface area (Å²) in [6.07, 6.45) is 0.927. The van der Waals surface area contributed by atoms with Crippen LogP contribution in [0, 0.1) is 5.92 Å². The maximum atomic E-state index is 12.7. The first-order valence-electron chi connectivity index (χ1n) is 8.07. The van der Waals surface area contributed by atoms with Crippen molar-refractivity contribution in [3.63, 3.8) is 0 Å². The first kappa shape index (κ1) is 15.5. The molecular weight excluding hydrogens is 286 g/mol. The van der Waals surface area contributed by atoms with E-state index in [1.54, 1.807) is 18.2 Å². The van der Waals surface area contributed by atoms with Gasteiger partial charge < -0.3 is 5.32 Å². The van der Waals surface area contributed by atoms with Crippen LogP contribution in [-0.4, -0.2) is 17.7 Å². The summed E-state index contributed by atoms with van der Waals surface area (Å²) >= 11 is 0. The molecule has 0 aromatic heterocycles. The number of carbonyl (C=O) groups excluding carboxylic acids is 2. The zero-order valence-electron chi connectivity index (χ0n) is 13.7. The molecule has 118 valence electrons. The second-order valence-corrected chi connectivity index (χ2v) is 6.61. The smallest absolute Gasteiger partial charge is 0.252 e. The Morgan fingerprint density at radius 2 is 1.61 bits per heavy atom. The van der Waals surface area contributed by atoms with Gasteiger partial charge in [0.15, 0.2) is 5.78 Å². The number of fused-ring (bicyclic) bond motifs is 3. The molecule has 23 heavy (non-hydrogen) atoms. The van der Waals surface area contributed by atoms with Crippen molar-refractivity contribution in [1.82, 2.24) is 5.32 Å². The van der Waals surface area contributed by atoms with Gasteiger partial charge in [0.2, 0.25) is 0 Å². The SMILES string of the molecule is CC(C)C[C@H](C)NC(=O)c1cccc2c1-c1ccccc1C2=O. The maximum Gasteiger partial charge on any atom is 0.252 e. The molecule has 3 rings (SSSR count). The average molecular weight is 307 g/mol. The van der Waals surface area contributed by atoms with Crippen molar-refractivity contribution in [2.45, 2.75) is 33.2 Å². The van der Waals surface area contributed by atoms with Gasteiger partial charge in [-0.1, -0.05) is 50.2 Å². The summed E-state index contributed by atoms with van der Waals surface area (Å²) in [5.41, 5.74) is 3.50. The topological polar surface area (TPSA) is 46.2 Å². The molecule has 0 aliphatic heterocycles. The lowest BCUT2D eigenvalue weighted by atomic mass is 9.98. The summed E-state index contributed by atoms with van der Waals surface area (Å²) in [5, 5.41) is 3.05. The number of amides is 1. The van der Waals surface area contributed by atoms with Gasteiger partial charge in [0.05, 0.1) is 0 Å². The highest BCUT2D eigenvalue weighted by molar-refractivity contribution is 6.24. The normalized spacial score (nSPS) is 13.7. The fourth-order valence-corrected chi connectivity index (χ4v) is 3.33. The Bertz CT molecular complexity index is 777. The second-order valence-electron chi connectivity index (χ2n) is 6.61. The van der Waals surface area contributed by atoms with Crippen molar-refractivity contribution >= 4 is 11.7 Å². The van der Waals surface area contributed by atoms with Crippen LogP contribution >= 0.6 is 0 Å². The number of hydrogen-bond donors (Lipinski definition) is 1. The van der Waals surface area contributed by atoms with Gasteiger partial charge in [-0.15, -0.1) is 0 Å². The maximum absolute atomic E-state index is 12.7. The minimum absolute atomic E-state index is 0.000443. The fraction of sp³-hybridized carbons (Fsp3) is 0.300. The van der Waals surface area contributed by atoms with E-state index < -0.39 is 0 Å². The molecule has 0 bridgehead atoms. The number of hydrogen-bond acceptors (Lipinski definition) is 2. The van der Waals surface area contributed by atoms with E-state index in [2.05, 4.69) is 19.2 Å². The molecule has 1 amide bonds. The monoisotopic (exact) mass is 307 g/mol. The lowest BCUT2D eigenvalue weighted by molar-refractivity contribution is 0.0936. The van der Waals surface area contributed by atoms with Crippen molar-refractivity contribution < 1.29 is 9.59 Å². The van der Waals surface area contributed by atoms with Gasteiger partial charge in [0.25, 0.3) is 5.91 Å². The first-order chi connectivity index (χ1) is 11.0. The molecule has 0 heterocycles. The molecule has 0 unspecified atom stereocenters. The molecule has 0 saturated carbocycles. The van der Waals surface area contributed by atoms with E-state index in [4.69, 9.17) is 0 Å².